The van der Waals surface area contributed by atoms with Gasteiger partial charge in [-0.15, -0.1) is 0 Å². The van der Waals surface area contributed by atoms with E-state index in [0.717, 1.165) is 9.87 Å². The van der Waals surface area contributed by atoms with E-state index < -0.39 is 22.5 Å². The highest BCUT2D eigenvalue weighted by atomic mass is 35.5. The third-order valence-electron chi connectivity index (χ3n) is 3.32. The van der Waals surface area contributed by atoms with Crippen molar-refractivity contribution < 1.29 is 18.3 Å². The fraction of sp³-hybridized carbons (Fsp3) is 0.188. The Morgan fingerprint density at radius 1 is 1.13 bits per heavy atom. The van der Waals surface area contributed by atoms with E-state index in [-0.39, 0.29) is 10.6 Å². The molecule has 5 nitrogen and oxygen atoms in total. The number of carbonyl (C=O) groups is 1. The first-order valence-corrected chi connectivity index (χ1v) is 8.61. The molecule has 0 heterocycles. The third-order valence-corrected chi connectivity index (χ3v) is 5.53. The maximum absolute atomic E-state index is 12.8. The summed E-state index contributed by atoms with van der Waals surface area (Å²) in [7, 11) is -3.99. The number of rotatable bonds is 5. The van der Waals surface area contributed by atoms with E-state index in [1.807, 2.05) is 6.92 Å². The molecule has 0 saturated heterocycles. The number of hydrogen-bond acceptors (Lipinski definition) is 3. The molecule has 0 aliphatic rings. The zero-order valence-corrected chi connectivity index (χ0v) is 14.2. The van der Waals surface area contributed by atoms with Crippen LogP contribution in [-0.2, 0) is 14.8 Å². The zero-order chi connectivity index (χ0) is 17.2. The van der Waals surface area contributed by atoms with Gasteiger partial charge in [-0.2, -0.15) is 0 Å². The molecular weight excluding hydrogens is 338 g/mol. The van der Waals surface area contributed by atoms with Gasteiger partial charge in [0.05, 0.1) is 10.6 Å². The van der Waals surface area contributed by atoms with E-state index in [1.54, 1.807) is 31.2 Å². The molecule has 0 saturated carbocycles. The molecule has 2 aromatic carbocycles. The minimum Gasteiger partial charge on any atom is -0.480 e. The lowest BCUT2D eigenvalue weighted by Crippen LogP contribution is -2.35. The molecular formula is C16H16ClNO4S. The van der Waals surface area contributed by atoms with Crippen molar-refractivity contribution in [3.8, 4) is 0 Å². The molecule has 0 bridgehead atoms. The van der Waals surface area contributed by atoms with E-state index in [2.05, 4.69) is 0 Å². The van der Waals surface area contributed by atoms with Gasteiger partial charge in [-0.1, -0.05) is 29.3 Å². The van der Waals surface area contributed by atoms with Gasteiger partial charge in [0, 0.05) is 5.02 Å². The maximum atomic E-state index is 12.8. The van der Waals surface area contributed by atoms with Crippen LogP contribution in [0.3, 0.4) is 0 Å². The van der Waals surface area contributed by atoms with Crippen LogP contribution in [0.25, 0.3) is 0 Å². The summed E-state index contributed by atoms with van der Waals surface area (Å²) in [6, 6.07) is 10.8. The molecule has 0 unspecified atom stereocenters. The summed E-state index contributed by atoms with van der Waals surface area (Å²) in [5, 5.41) is 9.57. The fourth-order valence-corrected chi connectivity index (χ4v) is 3.58. The first-order valence-electron chi connectivity index (χ1n) is 6.79. The standard InChI is InChI=1S/C16H16ClNO4S/c1-11-3-6-14(7-4-11)23(21,22)18(10-16(19)20)13-5-8-15(17)12(2)9-13/h3-9H,10H2,1-2H3,(H,19,20). The summed E-state index contributed by atoms with van der Waals surface area (Å²) in [4.78, 5) is 11.2. The molecule has 1 N–H and O–H groups in total. The lowest BCUT2D eigenvalue weighted by Gasteiger charge is -2.23. The quantitative estimate of drug-likeness (QED) is 0.895. The number of benzene rings is 2. The Balaban J connectivity index is 2.55. The summed E-state index contributed by atoms with van der Waals surface area (Å²) in [5.74, 6) is -1.24. The Morgan fingerprint density at radius 3 is 2.26 bits per heavy atom. The second-order valence-electron chi connectivity index (χ2n) is 5.15. The molecule has 0 aromatic heterocycles. The zero-order valence-electron chi connectivity index (χ0n) is 12.7. The molecule has 2 rings (SSSR count). The number of halogens is 1. The van der Waals surface area contributed by atoms with Crippen LogP contribution in [-0.4, -0.2) is 26.0 Å². The number of carboxylic acids is 1. The van der Waals surface area contributed by atoms with Crippen LogP contribution in [0.2, 0.25) is 5.02 Å². The number of anilines is 1. The summed E-state index contributed by atoms with van der Waals surface area (Å²) in [6.07, 6.45) is 0. The maximum Gasteiger partial charge on any atom is 0.324 e. The summed E-state index contributed by atoms with van der Waals surface area (Å²) < 4.78 is 26.5. The molecule has 7 heteroatoms. The van der Waals surface area contributed by atoms with Crippen LogP contribution in [0.4, 0.5) is 5.69 Å². The summed E-state index contributed by atoms with van der Waals surface area (Å²) in [6.45, 7) is 2.90. The summed E-state index contributed by atoms with van der Waals surface area (Å²) >= 11 is 5.96. The Bertz CT molecular complexity index is 832. The van der Waals surface area contributed by atoms with E-state index in [4.69, 9.17) is 16.7 Å². The molecule has 23 heavy (non-hydrogen) atoms. The lowest BCUT2D eigenvalue weighted by molar-refractivity contribution is -0.135. The molecule has 0 fully saturated rings. The molecule has 0 aliphatic carbocycles. The smallest absolute Gasteiger partial charge is 0.324 e. The Hall–Kier alpha value is -2.05. The van der Waals surface area contributed by atoms with Crippen LogP contribution >= 0.6 is 11.6 Å². The Morgan fingerprint density at radius 2 is 1.74 bits per heavy atom. The highest BCUT2D eigenvalue weighted by Crippen LogP contribution is 2.27. The second-order valence-corrected chi connectivity index (χ2v) is 7.42. The number of sulfonamides is 1. The normalized spacial score (nSPS) is 11.3. The molecule has 0 spiro atoms. The average Bonchev–Trinajstić information content (AvgIpc) is 2.48. The number of carboxylic acid groups (broad SMARTS) is 1. The van der Waals surface area contributed by atoms with Crippen LogP contribution in [0.1, 0.15) is 11.1 Å². The molecule has 0 atom stereocenters. The minimum absolute atomic E-state index is 0.0388. The SMILES string of the molecule is Cc1ccc(S(=O)(=O)N(CC(=O)O)c2ccc(Cl)c(C)c2)cc1. The molecule has 122 valence electrons. The number of aliphatic carboxylic acids is 1. The van der Waals surface area contributed by atoms with Gasteiger partial charge in [-0.25, -0.2) is 8.42 Å². The van der Waals surface area contributed by atoms with Crippen molar-refractivity contribution in [3.05, 3.63) is 58.6 Å². The van der Waals surface area contributed by atoms with Gasteiger partial charge in [0.25, 0.3) is 10.0 Å². The van der Waals surface area contributed by atoms with Gasteiger partial charge in [-0.05, 0) is 49.7 Å². The minimum atomic E-state index is -3.99. The average molecular weight is 354 g/mol. The lowest BCUT2D eigenvalue weighted by atomic mass is 10.2. The molecule has 2 aromatic rings. The van der Waals surface area contributed by atoms with Gasteiger partial charge < -0.3 is 5.11 Å². The van der Waals surface area contributed by atoms with Gasteiger partial charge >= 0.3 is 5.97 Å². The van der Waals surface area contributed by atoms with Gasteiger partial charge in [-0.3, -0.25) is 9.10 Å². The van der Waals surface area contributed by atoms with Crippen molar-refractivity contribution in [2.24, 2.45) is 0 Å². The fourth-order valence-electron chi connectivity index (χ4n) is 2.06. The highest BCUT2D eigenvalue weighted by molar-refractivity contribution is 7.92. The van der Waals surface area contributed by atoms with E-state index in [1.165, 1.54) is 18.2 Å². The highest BCUT2D eigenvalue weighted by Gasteiger charge is 2.27. The largest absolute Gasteiger partial charge is 0.480 e. The first-order chi connectivity index (χ1) is 10.7. The Kier molecular flexibility index (Phi) is 4.97. The van der Waals surface area contributed by atoms with Crippen molar-refractivity contribution in [1.29, 1.82) is 0 Å². The second kappa shape index (κ2) is 6.60. The molecule has 0 amide bonds. The number of hydrogen-bond donors (Lipinski definition) is 1. The van der Waals surface area contributed by atoms with E-state index in [0.29, 0.717) is 10.6 Å². The van der Waals surface area contributed by atoms with Crippen LogP contribution in [0, 0.1) is 13.8 Å². The third kappa shape index (κ3) is 3.83. The topological polar surface area (TPSA) is 74.7 Å². The monoisotopic (exact) mass is 353 g/mol. The Labute approximate surface area is 140 Å². The summed E-state index contributed by atoms with van der Waals surface area (Å²) in [5.41, 5.74) is 1.84. The first kappa shape index (κ1) is 17.3. The predicted molar refractivity (Wildman–Crippen MR) is 89.5 cm³/mol. The van der Waals surface area contributed by atoms with Crippen LogP contribution < -0.4 is 4.31 Å². The van der Waals surface area contributed by atoms with Crippen molar-refractivity contribution in [2.45, 2.75) is 18.7 Å². The van der Waals surface area contributed by atoms with Crippen molar-refractivity contribution in [1.82, 2.24) is 0 Å². The van der Waals surface area contributed by atoms with Crippen molar-refractivity contribution in [3.63, 3.8) is 0 Å². The van der Waals surface area contributed by atoms with Gasteiger partial charge in [0.15, 0.2) is 0 Å². The van der Waals surface area contributed by atoms with Gasteiger partial charge in [0.2, 0.25) is 0 Å². The van der Waals surface area contributed by atoms with Crippen LogP contribution in [0.5, 0.6) is 0 Å². The van der Waals surface area contributed by atoms with Gasteiger partial charge in [0.1, 0.15) is 6.54 Å². The number of aryl methyl sites for hydroxylation is 2. The molecule has 0 aliphatic heterocycles. The predicted octanol–water partition coefficient (Wildman–Crippen LogP) is 3.24. The van der Waals surface area contributed by atoms with E-state index >= 15 is 0 Å². The van der Waals surface area contributed by atoms with Crippen molar-refractivity contribution in [2.75, 3.05) is 10.8 Å². The van der Waals surface area contributed by atoms with Crippen molar-refractivity contribution >= 4 is 33.3 Å². The molecule has 0 radical (unpaired) electrons. The van der Waals surface area contributed by atoms with Crippen LogP contribution in [0.15, 0.2) is 47.4 Å². The van der Waals surface area contributed by atoms with E-state index in [9.17, 15) is 13.2 Å². The number of nitrogens with zero attached hydrogens (tertiary/aromatic N) is 1.